The Morgan fingerprint density at radius 3 is 2.39 bits per heavy atom. The third kappa shape index (κ3) is 1.62. The Labute approximate surface area is 105 Å². The maximum absolute atomic E-state index is 4.37. The molecule has 0 fully saturated rings. The minimum absolute atomic E-state index is 0.807. The lowest BCUT2D eigenvalue weighted by atomic mass is 10.1. The predicted octanol–water partition coefficient (Wildman–Crippen LogP) is 2.70. The molecule has 0 saturated heterocycles. The van der Waals surface area contributed by atoms with Gasteiger partial charge in [0.1, 0.15) is 17.5 Å². The predicted molar refractivity (Wildman–Crippen MR) is 70.0 cm³/mol. The Balaban J connectivity index is 2.39. The Bertz CT molecular complexity index is 699. The van der Waals surface area contributed by atoms with Gasteiger partial charge in [-0.2, -0.15) is 5.10 Å². The van der Waals surface area contributed by atoms with Gasteiger partial charge in [0.2, 0.25) is 0 Å². The van der Waals surface area contributed by atoms with Crippen LogP contribution in [0, 0.1) is 13.8 Å². The first kappa shape index (κ1) is 10.8. The van der Waals surface area contributed by atoms with Gasteiger partial charge in [-0.25, -0.2) is 9.97 Å². The van der Waals surface area contributed by atoms with Crippen LogP contribution in [0.15, 0.2) is 36.7 Å². The molecule has 3 aromatic rings. The Kier molecular flexibility index (Phi) is 2.48. The summed E-state index contributed by atoms with van der Waals surface area (Å²) >= 11 is 0. The number of rotatable bonds is 1. The fraction of sp³-hybridized carbons (Fsp3) is 0.143. The van der Waals surface area contributed by atoms with E-state index >= 15 is 0 Å². The highest BCUT2D eigenvalue weighted by Gasteiger charge is 2.11. The van der Waals surface area contributed by atoms with Gasteiger partial charge in [0.25, 0.3) is 0 Å². The fourth-order valence-electron chi connectivity index (χ4n) is 2.10. The number of hydrogen-bond donors (Lipinski definition) is 0. The third-order valence-corrected chi connectivity index (χ3v) is 2.97. The van der Waals surface area contributed by atoms with Crippen LogP contribution in [-0.4, -0.2) is 20.2 Å². The first-order valence-corrected chi connectivity index (χ1v) is 5.77. The molecule has 4 nitrogen and oxygen atoms in total. The van der Waals surface area contributed by atoms with E-state index < -0.39 is 0 Å². The molecule has 0 N–H and O–H groups in total. The largest absolute Gasteiger partial charge is 0.241 e. The van der Waals surface area contributed by atoms with Crippen LogP contribution in [0.5, 0.6) is 0 Å². The summed E-state index contributed by atoms with van der Waals surface area (Å²) in [6.07, 6.45) is 1.57. The van der Waals surface area contributed by atoms with E-state index in [1.165, 1.54) is 0 Å². The maximum Gasteiger partial charge on any atom is 0.119 e. The van der Waals surface area contributed by atoms with Crippen molar-refractivity contribution in [1.29, 1.82) is 0 Å². The first-order chi connectivity index (χ1) is 8.77. The van der Waals surface area contributed by atoms with Crippen molar-refractivity contribution in [2.75, 3.05) is 0 Å². The maximum atomic E-state index is 4.37. The van der Waals surface area contributed by atoms with Crippen molar-refractivity contribution in [3.8, 4) is 11.3 Å². The highest BCUT2D eigenvalue weighted by atomic mass is 15.1. The van der Waals surface area contributed by atoms with E-state index in [0.717, 1.165) is 33.5 Å². The van der Waals surface area contributed by atoms with E-state index in [1.807, 2.05) is 44.2 Å². The van der Waals surface area contributed by atoms with Crippen molar-refractivity contribution in [1.82, 2.24) is 20.2 Å². The van der Waals surface area contributed by atoms with E-state index in [4.69, 9.17) is 0 Å². The molecular formula is C14H12N4. The molecule has 0 atom stereocenters. The second-order valence-corrected chi connectivity index (χ2v) is 4.18. The van der Waals surface area contributed by atoms with E-state index in [9.17, 15) is 0 Å². The van der Waals surface area contributed by atoms with Crippen LogP contribution < -0.4 is 0 Å². The Morgan fingerprint density at radius 2 is 1.61 bits per heavy atom. The second-order valence-electron chi connectivity index (χ2n) is 4.18. The molecule has 0 aliphatic heterocycles. The summed E-state index contributed by atoms with van der Waals surface area (Å²) in [4.78, 5) is 8.59. The van der Waals surface area contributed by atoms with Crippen molar-refractivity contribution < 1.29 is 0 Å². The van der Waals surface area contributed by atoms with Crippen molar-refractivity contribution in [2.24, 2.45) is 0 Å². The van der Waals surface area contributed by atoms with Gasteiger partial charge in [-0.15, -0.1) is 5.10 Å². The van der Waals surface area contributed by atoms with Crippen molar-refractivity contribution in [3.63, 3.8) is 0 Å². The quantitative estimate of drug-likeness (QED) is 0.651. The molecule has 0 unspecified atom stereocenters. The Hall–Kier alpha value is -2.36. The summed E-state index contributed by atoms with van der Waals surface area (Å²) in [5, 5.41) is 9.48. The van der Waals surface area contributed by atoms with Gasteiger partial charge in [0, 0.05) is 10.9 Å². The van der Waals surface area contributed by atoms with Gasteiger partial charge in [-0.3, -0.25) is 0 Å². The zero-order valence-corrected chi connectivity index (χ0v) is 10.3. The molecule has 0 bridgehead atoms. The Morgan fingerprint density at radius 1 is 0.833 bits per heavy atom. The van der Waals surface area contributed by atoms with Crippen molar-refractivity contribution >= 4 is 10.9 Å². The van der Waals surface area contributed by atoms with Crippen molar-refractivity contribution in [3.05, 3.63) is 48.0 Å². The van der Waals surface area contributed by atoms with Crippen LogP contribution in [0.25, 0.3) is 22.2 Å². The van der Waals surface area contributed by atoms with Crippen LogP contribution in [0.4, 0.5) is 0 Å². The average molecular weight is 236 g/mol. The molecule has 2 heterocycles. The fourth-order valence-corrected chi connectivity index (χ4v) is 2.10. The zero-order chi connectivity index (χ0) is 12.5. The number of hydrogen-bond acceptors (Lipinski definition) is 4. The van der Waals surface area contributed by atoms with Crippen LogP contribution in [-0.2, 0) is 0 Å². The second kappa shape index (κ2) is 4.14. The summed E-state index contributed by atoms with van der Waals surface area (Å²) in [5.41, 5.74) is 4.49. The summed E-state index contributed by atoms with van der Waals surface area (Å²) in [5.74, 6) is 0. The molecule has 18 heavy (non-hydrogen) atoms. The van der Waals surface area contributed by atoms with E-state index in [1.54, 1.807) is 6.33 Å². The summed E-state index contributed by atoms with van der Waals surface area (Å²) < 4.78 is 0. The van der Waals surface area contributed by atoms with Crippen LogP contribution >= 0.6 is 0 Å². The molecule has 0 spiro atoms. The van der Waals surface area contributed by atoms with Gasteiger partial charge in [-0.05, 0) is 13.8 Å². The molecule has 0 amide bonds. The number of aryl methyl sites for hydroxylation is 2. The van der Waals surface area contributed by atoms with Gasteiger partial charge < -0.3 is 0 Å². The number of fused-ring (bicyclic) bond motifs is 1. The molecule has 0 aliphatic carbocycles. The van der Waals surface area contributed by atoms with Gasteiger partial charge in [0.15, 0.2) is 0 Å². The summed E-state index contributed by atoms with van der Waals surface area (Å²) in [6, 6.07) is 9.97. The summed E-state index contributed by atoms with van der Waals surface area (Å²) in [6.45, 7) is 3.90. The van der Waals surface area contributed by atoms with E-state index in [0.29, 0.717) is 0 Å². The lowest BCUT2D eigenvalue weighted by Crippen LogP contribution is -1.98. The molecular weight excluding hydrogens is 224 g/mol. The molecule has 1 aromatic carbocycles. The van der Waals surface area contributed by atoms with Crippen LogP contribution in [0.2, 0.25) is 0 Å². The SMILES string of the molecule is Cc1ncnc2c(-c3ccccc3)nnc(C)c12. The van der Waals surface area contributed by atoms with Crippen LogP contribution in [0.1, 0.15) is 11.4 Å². The van der Waals surface area contributed by atoms with E-state index in [-0.39, 0.29) is 0 Å². The van der Waals surface area contributed by atoms with Gasteiger partial charge in [0.05, 0.1) is 11.4 Å². The smallest absolute Gasteiger partial charge is 0.119 e. The molecule has 88 valence electrons. The minimum atomic E-state index is 0.807. The normalized spacial score (nSPS) is 10.8. The standard InChI is InChI=1S/C14H12N4/c1-9-12-10(2)17-18-13(14(12)16-8-15-9)11-6-4-3-5-7-11/h3-8H,1-2H3. The topological polar surface area (TPSA) is 51.6 Å². The first-order valence-electron chi connectivity index (χ1n) is 5.77. The lowest BCUT2D eigenvalue weighted by Gasteiger charge is -2.07. The van der Waals surface area contributed by atoms with Crippen LogP contribution in [0.3, 0.4) is 0 Å². The van der Waals surface area contributed by atoms with Gasteiger partial charge in [-0.1, -0.05) is 30.3 Å². The summed E-state index contributed by atoms with van der Waals surface area (Å²) in [7, 11) is 0. The molecule has 4 heteroatoms. The van der Waals surface area contributed by atoms with E-state index in [2.05, 4.69) is 20.2 Å². The number of nitrogens with zero attached hydrogens (tertiary/aromatic N) is 4. The zero-order valence-electron chi connectivity index (χ0n) is 10.3. The van der Waals surface area contributed by atoms with Gasteiger partial charge >= 0.3 is 0 Å². The molecule has 3 rings (SSSR count). The lowest BCUT2D eigenvalue weighted by molar-refractivity contribution is 0.991. The van der Waals surface area contributed by atoms with Crippen molar-refractivity contribution in [2.45, 2.75) is 13.8 Å². The molecule has 0 aliphatic rings. The molecule has 0 saturated carbocycles. The highest BCUT2D eigenvalue weighted by Crippen LogP contribution is 2.26. The third-order valence-electron chi connectivity index (χ3n) is 2.97. The highest BCUT2D eigenvalue weighted by molar-refractivity contribution is 5.93. The monoisotopic (exact) mass is 236 g/mol. The average Bonchev–Trinajstić information content (AvgIpc) is 2.40. The number of benzene rings is 1. The minimum Gasteiger partial charge on any atom is -0.241 e. The number of aromatic nitrogens is 4. The molecule has 2 aromatic heterocycles. The molecule has 0 radical (unpaired) electrons.